The van der Waals surface area contributed by atoms with Crippen molar-refractivity contribution in [1.82, 2.24) is 10.4 Å². The number of carbonyl (C=O) groups is 1. The summed E-state index contributed by atoms with van der Waals surface area (Å²) in [6, 6.07) is 17.5. The second-order valence-corrected chi connectivity index (χ2v) is 7.62. The van der Waals surface area contributed by atoms with Crippen molar-refractivity contribution in [1.29, 1.82) is 0 Å². The first-order valence-electron chi connectivity index (χ1n) is 9.76. The number of rotatable bonds is 9. The van der Waals surface area contributed by atoms with Crippen LogP contribution in [0.4, 0.5) is 0 Å². The summed E-state index contributed by atoms with van der Waals surface area (Å²) < 4.78 is 5.70. The highest BCUT2D eigenvalue weighted by Gasteiger charge is 2.15. The molecule has 3 aromatic rings. The summed E-state index contributed by atoms with van der Waals surface area (Å²) in [7, 11) is 0. The van der Waals surface area contributed by atoms with E-state index in [1.807, 2.05) is 61.5 Å². The SMILES string of the molecule is CCCCCOc1ccc(/C=N/NC(=O)c2sc(-c3ccccc3)nc2C)cc1. The summed E-state index contributed by atoms with van der Waals surface area (Å²) in [5.41, 5.74) is 5.17. The third-order valence-corrected chi connectivity index (χ3v) is 5.51. The smallest absolute Gasteiger partial charge is 0.283 e. The number of thiazole rings is 1. The van der Waals surface area contributed by atoms with Gasteiger partial charge in [0.1, 0.15) is 15.6 Å². The van der Waals surface area contributed by atoms with E-state index in [0.717, 1.165) is 34.9 Å². The van der Waals surface area contributed by atoms with E-state index in [1.165, 1.54) is 24.2 Å². The normalized spacial score (nSPS) is 11.0. The van der Waals surface area contributed by atoms with Gasteiger partial charge in [-0.15, -0.1) is 11.3 Å². The number of carbonyl (C=O) groups excluding carboxylic acids is 1. The van der Waals surface area contributed by atoms with Crippen LogP contribution in [0.5, 0.6) is 5.75 Å². The Labute approximate surface area is 175 Å². The molecule has 6 heteroatoms. The molecule has 150 valence electrons. The summed E-state index contributed by atoms with van der Waals surface area (Å²) in [6.07, 6.45) is 5.04. The lowest BCUT2D eigenvalue weighted by atomic mass is 10.2. The molecule has 2 aromatic carbocycles. The largest absolute Gasteiger partial charge is 0.494 e. The Morgan fingerprint density at radius 1 is 1.14 bits per heavy atom. The van der Waals surface area contributed by atoms with Gasteiger partial charge in [0.25, 0.3) is 5.91 Å². The van der Waals surface area contributed by atoms with E-state index in [9.17, 15) is 4.79 Å². The molecule has 0 spiro atoms. The van der Waals surface area contributed by atoms with E-state index in [0.29, 0.717) is 10.6 Å². The van der Waals surface area contributed by atoms with E-state index >= 15 is 0 Å². The van der Waals surface area contributed by atoms with Crippen LogP contribution in [0.25, 0.3) is 10.6 Å². The summed E-state index contributed by atoms with van der Waals surface area (Å²) in [5.74, 6) is 0.588. The van der Waals surface area contributed by atoms with E-state index in [4.69, 9.17) is 4.74 Å². The molecule has 1 amide bonds. The number of aryl methyl sites for hydroxylation is 1. The summed E-state index contributed by atoms with van der Waals surface area (Å²) in [6.45, 7) is 4.74. The first-order valence-corrected chi connectivity index (χ1v) is 10.6. The van der Waals surface area contributed by atoms with Gasteiger partial charge in [-0.2, -0.15) is 5.10 Å². The monoisotopic (exact) mass is 407 g/mol. The van der Waals surface area contributed by atoms with Crippen LogP contribution in [0.3, 0.4) is 0 Å². The van der Waals surface area contributed by atoms with Crippen LogP contribution in [0.15, 0.2) is 59.7 Å². The van der Waals surface area contributed by atoms with Gasteiger partial charge < -0.3 is 4.74 Å². The van der Waals surface area contributed by atoms with Crippen molar-refractivity contribution in [2.75, 3.05) is 6.61 Å². The van der Waals surface area contributed by atoms with Crippen LogP contribution >= 0.6 is 11.3 Å². The number of unbranched alkanes of at least 4 members (excludes halogenated alkanes) is 2. The number of benzene rings is 2. The maximum atomic E-state index is 12.5. The molecule has 29 heavy (non-hydrogen) atoms. The van der Waals surface area contributed by atoms with Gasteiger partial charge in [0, 0.05) is 5.56 Å². The lowest BCUT2D eigenvalue weighted by Crippen LogP contribution is -2.17. The highest BCUT2D eigenvalue weighted by atomic mass is 32.1. The van der Waals surface area contributed by atoms with Gasteiger partial charge >= 0.3 is 0 Å². The molecular weight excluding hydrogens is 382 g/mol. The van der Waals surface area contributed by atoms with Crippen molar-refractivity contribution < 1.29 is 9.53 Å². The minimum atomic E-state index is -0.255. The lowest BCUT2D eigenvalue weighted by Gasteiger charge is -2.05. The molecule has 0 radical (unpaired) electrons. The minimum absolute atomic E-state index is 0.255. The third kappa shape index (κ3) is 5.99. The molecule has 0 saturated heterocycles. The standard InChI is InChI=1S/C23H25N3O2S/c1-3-4-8-15-28-20-13-11-18(12-14-20)16-24-26-22(27)21-17(2)25-23(29-21)19-9-6-5-7-10-19/h5-7,9-14,16H,3-4,8,15H2,1-2H3,(H,26,27)/b24-16+. The molecule has 0 unspecified atom stereocenters. The molecule has 0 bridgehead atoms. The Hall–Kier alpha value is -2.99. The topological polar surface area (TPSA) is 63.6 Å². The zero-order chi connectivity index (χ0) is 20.5. The zero-order valence-corrected chi connectivity index (χ0v) is 17.5. The van der Waals surface area contributed by atoms with Crippen molar-refractivity contribution in [3.05, 3.63) is 70.7 Å². The Kier molecular flexibility index (Phi) is 7.53. The number of hydrogen-bond acceptors (Lipinski definition) is 5. The van der Waals surface area contributed by atoms with Crippen LogP contribution in [0.1, 0.15) is 47.1 Å². The quantitative estimate of drug-likeness (QED) is 0.291. The Morgan fingerprint density at radius 3 is 2.62 bits per heavy atom. The van der Waals surface area contributed by atoms with Crippen LogP contribution in [0, 0.1) is 6.92 Å². The molecule has 0 aliphatic rings. The molecule has 1 N–H and O–H groups in total. The number of ether oxygens (including phenoxy) is 1. The maximum absolute atomic E-state index is 12.5. The predicted molar refractivity (Wildman–Crippen MR) is 119 cm³/mol. The molecular formula is C23H25N3O2S. The van der Waals surface area contributed by atoms with Gasteiger partial charge in [0.05, 0.1) is 18.5 Å². The highest BCUT2D eigenvalue weighted by molar-refractivity contribution is 7.17. The van der Waals surface area contributed by atoms with E-state index in [-0.39, 0.29) is 5.91 Å². The number of nitrogens with one attached hydrogen (secondary N) is 1. The average Bonchev–Trinajstić information content (AvgIpc) is 3.15. The number of aromatic nitrogens is 1. The van der Waals surface area contributed by atoms with Crippen LogP contribution < -0.4 is 10.2 Å². The number of amides is 1. The van der Waals surface area contributed by atoms with E-state index in [1.54, 1.807) is 6.21 Å². The molecule has 5 nitrogen and oxygen atoms in total. The fourth-order valence-corrected chi connectivity index (χ4v) is 3.68. The van der Waals surface area contributed by atoms with Crippen molar-refractivity contribution in [2.24, 2.45) is 5.10 Å². The van der Waals surface area contributed by atoms with Gasteiger partial charge in [0.15, 0.2) is 0 Å². The zero-order valence-electron chi connectivity index (χ0n) is 16.7. The maximum Gasteiger partial charge on any atom is 0.283 e. The summed E-state index contributed by atoms with van der Waals surface area (Å²) in [5, 5.41) is 4.90. The van der Waals surface area contributed by atoms with Crippen molar-refractivity contribution >= 4 is 23.5 Å². The number of hydrogen-bond donors (Lipinski definition) is 1. The van der Waals surface area contributed by atoms with E-state index in [2.05, 4.69) is 22.4 Å². The summed E-state index contributed by atoms with van der Waals surface area (Å²) >= 11 is 1.37. The van der Waals surface area contributed by atoms with Crippen LogP contribution in [-0.4, -0.2) is 23.7 Å². The second-order valence-electron chi connectivity index (χ2n) is 6.62. The van der Waals surface area contributed by atoms with Gasteiger partial charge in [0.2, 0.25) is 0 Å². The minimum Gasteiger partial charge on any atom is -0.494 e. The van der Waals surface area contributed by atoms with Crippen LogP contribution in [0.2, 0.25) is 0 Å². The fourth-order valence-electron chi connectivity index (χ4n) is 2.72. The number of hydrazone groups is 1. The second kappa shape index (κ2) is 10.5. The van der Waals surface area contributed by atoms with Crippen LogP contribution in [-0.2, 0) is 0 Å². The van der Waals surface area contributed by atoms with Gasteiger partial charge in [-0.3, -0.25) is 4.79 Å². The van der Waals surface area contributed by atoms with Gasteiger partial charge in [-0.05, 0) is 43.2 Å². The Morgan fingerprint density at radius 2 is 1.90 bits per heavy atom. The highest BCUT2D eigenvalue weighted by Crippen LogP contribution is 2.27. The average molecular weight is 408 g/mol. The Bertz CT molecular complexity index is 950. The summed E-state index contributed by atoms with van der Waals surface area (Å²) in [4.78, 5) is 17.5. The third-order valence-electron chi connectivity index (χ3n) is 4.30. The van der Waals surface area contributed by atoms with Crippen molar-refractivity contribution in [2.45, 2.75) is 33.1 Å². The van der Waals surface area contributed by atoms with Crippen molar-refractivity contribution in [3.8, 4) is 16.3 Å². The van der Waals surface area contributed by atoms with Gasteiger partial charge in [-0.25, -0.2) is 10.4 Å². The molecule has 0 fully saturated rings. The predicted octanol–water partition coefficient (Wildman–Crippen LogP) is 5.45. The molecule has 0 atom stereocenters. The van der Waals surface area contributed by atoms with Crippen molar-refractivity contribution in [3.63, 3.8) is 0 Å². The Balaban J connectivity index is 1.55. The molecule has 3 rings (SSSR count). The van der Waals surface area contributed by atoms with Gasteiger partial charge in [-0.1, -0.05) is 50.1 Å². The van der Waals surface area contributed by atoms with E-state index < -0.39 is 0 Å². The molecule has 0 aliphatic carbocycles. The molecule has 0 aliphatic heterocycles. The molecule has 1 heterocycles. The first-order chi connectivity index (χ1) is 14.2. The fraction of sp³-hybridized carbons (Fsp3) is 0.261. The molecule has 1 aromatic heterocycles. The number of nitrogens with zero attached hydrogens (tertiary/aromatic N) is 2. The molecule has 0 saturated carbocycles. The lowest BCUT2D eigenvalue weighted by molar-refractivity contribution is 0.0958. The first kappa shape index (κ1) is 20.7.